The maximum absolute atomic E-state index is 13.8. The van der Waals surface area contributed by atoms with Gasteiger partial charge in [0.05, 0.1) is 12.7 Å². The minimum Gasteiger partial charge on any atom is -0.497 e. The van der Waals surface area contributed by atoms with Crippen LogP contribution < -0.4 is 14.2 Å². The number of hydrogen-bond acceptors (Lipinski definition) is 4. The lowest BCUT2D eigenvalue weighted by molar-refractivity contribution is 0.101. The lowest BCUT2D eigenvalue weighted by Crippen LogP contribution is -2.00. The van der Waals surface area contributed by atoms with Crippen LogP contribution in [-0.2, 0) is 6.61 Å². The molecule has 0 saturated heterocycles. The molecule has 0 N–H and O–H groups in total. The molecule has 3 aromatic carbocycles. The highest BCUT2D eigenvalue weighted by Crippen LogP contribution is 2.38. The summed E-state index contributed by atoms with van der Waals surface area (Å²) in [6, 6.07) is 17.2. The lowest BCUT2D eigenvalue weighted by Gasteiger charge is -2.09. The number of ether oxygens (including phenoxy) is 3. The molecule has 1 aliphatic heterocycles. The summed E-state index contributed by atoms with van der Waals surface area (Å²) in [6.45, 7) is 1.91. The number of rotatable bonds is 5. The molecule has 1 heterocycles. The molecule has 4 nitrogen and oxygen atoms in total. The molecule has 4 rings (SSSR count). The van der Waals surface area contributed by atoms with E-state index in [0.29, 0.717) is 28.4 Å². The number of benzene rings is 3. The SMILES string of the molecule is COc1cccc(/C=C2\Oc3cc(OCc4ccccc4F)cc(C)c3C2=O)c1. The topological polar surface area (TPSA) is 44.8 Å². The number of methoxy groups -OCH3 is 1. The molecular formula is C24H19FO4. The third kappa shape index (κ3) is 3.85. The van der Waals surface area contributed by atoms with E-state index in [4.69, 9.17) is 14.2 Å². The van der Waals surface area contributed by atoms with E-state index in [1.165, 1.54) is 6.07 Å². The summed E-state index contributed by atoms with van der Waals surface area (Å²) in [4.78, 5) is 12.8. The smallest absolute Gasteiger partial charge is 0.232 e. The van der Waals surface area contributed by atoms with Crippen molar-refractivity contribution in [2.24, 2.45) is 0 Å². The number of hydrogen-bond donors (Lipinski definition) is 0. The van der Waals surface area contributed by atoms with Crippen LogP contribution in [-0.4, -0.2) is 12.9 Å². The summed E-state index contributed by atoms with van der Waals surface area (Å²) in [5, 5.41) is 0. The van der Waals surface area contributed by atoms with E-state index in [2.05, 4.69) is 0 Å². The van der Waals surface area contributed by atoms with Gasteiger partial charge < -0.3 is 14.2 Å². The zero-order valence-electron chi connectivity index (χ0n) is 16.1. The van der Waals surface area contributed by atoms with E-state index in [0.717, 1.165) is 11.1 Å². The van der Waals surface area contributed by atoms with Gasteiger partial charge >= 0.3 is 0 Å². The highest BCUT2D eigenvalue weighted by molar-refractivity contribution is 6.15. The standard InChI is InChI=1S/C24H19FO4/c1-15-10-19(28-14-17-7-3-4-9-20(17)25)13-21-23(15)24(26)22(29-21)12-16-6-5-8-18(11-16)27-2/h3-13H,14H2,1-2H3/b22-12-. The molecule has 5 heteroatoms. The molecule has 0 aromatic heterocycles. The molecule has 0 radical (unpaired) electrons. The lowest BCUT2D eigenvalue weighted by atomic mass is 10.0. The van der Waals surface area contributed by atoms with Crippen molar-refractivity contribution in [3.05, 3.63) is 94.5 Å². The third-order valence-electron chi connectivity index (χ3n) is 4.69. The Morgan fingerprint density at radius 1 is 1.03 bits per heavy atom. The first-order chi connectivity index (χ1) is 14.0. The summed E-state index contributed by atoms with van der Waals surface area (Å²) < 4.78 is 30.5. The summed E-state index contributed by atoms with van der Waals surface area (Å²) in [5.41, 5.74) is 2.51. The third-order valence-corrected chi connectivity index (χ3v) is 4.69. The molecule has 146 valence electrons. The van der Waals surface area contributed by atoms with Gasteiger partial charge in [-0.3, -0.25) is 4.79 Å². The van der Waals surface area contributed by atoms with Gasteiger partial charge in [-0.05, 0) is 48.4 Å². The highest BCUT2D eigenvalue weighted by Gasteiger charge is 2.30. The van der Waals surface area contributed by atoms with Crippen molar-refractivity contribution in [2.75, 3.05) is 7.11 Å². The Morgan fingerprint density at radius 3 is 2.66 bits per heavy atom. The van der Waals surface area contributed by atoms with E-state index in [9.17, 15) is 9.18 Å². The van der Waals surface area contributed by atoms with Crippen LogP contribution in [0.15, 0.2) is 66.4 Å². The number of aryl methyl sites for hydroxylation is 1. The van der Waals surface area contributed by atoms with Crippen LogP contribution in [0.3, 0.4) is 0 Å². The average molecular weight is 390 g/mol. The molecule has 0 saturated carbocycles. The molecule has 0 aliphatic carbocycles. The second-order valence-corrected chi connectivity index (χ2v) is 6.71. The van der Waals surface area contributed by atoms with Gasteiger partial charge in [-0.1, -0.05) is 30.3 Å². The number of allylic oxidation sites excluding steroid dienone is 1. The number of carbonyl (C=O) groups excluding carboxylic acids is 1. The largest absolute Gasteiger partial charge is 0.497 e. The van der Waals surface area contributed by atoms with Crippen LogP contribution in [0.4, 0.5) is 4.39 Å². The van der Waals surface area contributed by atoms with Gasteiger partial charge in [0.2, 0.25) is 5.78 Å². The maximum Gasteiger partial charge on any atom is 0.232 e. The average Bonchev–Trinajstić information content (AvgIpc) is 3.03. The van der Waals surface area contributed by atoms with E-state index < -0.39 is 0 Å². The van der Waals surface area contributed by atoms with Crippen molar-refractivity contribution in [2.45, 2.75) is 13.5 Å². The van der Waals surface area contributed by atoms with Crippen LogP contribution in [0.5, 0.6) is 17.2 Å². The first kappa shape index (κ1) is 18.7. The van der Waals surface area contributed by atoms with Crippen LogP contribution in [0, 0.1) is 12.7 Å². The molecule has 0 unspecified atom stereocenters. The monoisotopic (exact) mass is 390 g/mol. The van der Waals surface area contributed by atoms with Gasteiger partial charge in [-0.25, -0.2) is 4.39 Å². The van der Waals surface area contributed by atoms with Crippen LogP contribution in [0.1, 0.15) is 27.0 Å². The molecule has 0 amide bonds. The Bertz CT molecular complexity index is 1120. The van der Waals surface area contributed by atoms with Crippen molar-refractivity contribution in [1.29, 1.82) is 0 Å². The van der Waals surface area contributed by atoms with E-state index in [1.54, 1.807) is 43.5 Å². The second-order valence-electron chi connectivity index (χ2n) is 6.71. The Hall–Kier alpha value is -3.60. The van der Waals surface area contributed by atoms with Crippen LogP contribution >= 0.6 is 0 Å². The zero-order chi connectivity index (χ0) is 20.4. The molecule has 0 atom stereocenters. The van der Waals surface area contributed by atoms with Crippen LogP contribution in [0.25, 0.3) is 6.08 Å². The second kappa shape index (κ2) is 7.80. The van der Waals surface area contributed by atoms with E-state index in [-0.39, 0.29) is 24.0 Å². The molecule has 1 aliphatic rings. The van der Waals surface area contributed by atoms with Crippen molar-refractivity contribution in [1.82, 2.24) is 0 Å². The van der Waals surface area contributed by atoms with Crippen molar-refractivity contribution in [3.8, 4) is 17.2 Å². The molecule has 0 fully saturated rings. The minimum absolute atomic E-state index is 0.0886. The molecule has 29 heavy (non-hydrogen) atoms. The van der Waals surface area contributed by atoms with Gasteiger partial charge in [-0.2, -0.15) is 0 Å². The number of carbonyl (C=O) groups is 1. The fourth-order valence-corrected chi connectivity index (χ4v) is 3.22. The Labute approximate surface area is 168 Å². The van der Waals surface area contributed by atoms with Gasteiger partial charge in [-0.15, -0.1) is 0 Å². The number of ketones is 1. The number of halogens is 1. The Kier molecular flexibility index (Phi) is 5.04. The predicted octanol–water partition coefficient (Wildman–Crippen LogP) is 5.34. The van der Waals surface area contributed by atoms with E-state index in [1.807, 2.05) is 31.2 Å². The molecule has 3 aromatic rings. The van der Waals surface area contributed by atoms with Gasteiger partial charge in [0.15, 0.2) is 5.76 Å². The van der Waals surface area contributed by atoms with Crippen molar-refractivity contribution >= 4 is 11.9 Å². The van der Waals surface area contributed by atoms with Gasteiger partial charge in [0.1, 0.15) is 29.7 Å². The van der Waals surface area contributed by atoms with Crippen molar-refractivity contribution in [3.63, 3.8) is 0 Å². The Morgan fingerprint density at radius 2 is 1.86 bits per heavy atom. The predicted molar refractivity (Wildman–Crippen MR) is 108 cm³/mol. The first-order valence-corrected chi connectivity index (χ1v) is 9.14. The summed E-state index contributed by atoms with van der Waals surface area (Å²) in [7, 11) is 1.59. The fourth-order valence-electron chi connectivity index (χ4n) is 3.22. The quantitative estimate of drug-likeness (QED) is 0.552. The molecule has 0 spiro atoms. The van der Waals surface area contributed by atoms with Crippen LogP contribution in [0.2, 0.25) is 0 Å². The van der Waals surface area contributed by atoms with Crippen molar-refractivity contribution < 1.29 is 23.4 Å². The van der Waals surface area contributed by atoms with Gasteiger partial charge in [0.25, 0.3) is 0 Å². The minimum atomic E-state index is -0.319. The summed E-state index contributed by atoms with van der Waals surface area (Å²) >= 11 is 0. The van der Waals surface area contributed by atoms with E-state index >= 15 is 0 Å². The highest BCUT2D eigenvalue weighted by atomic mass is 19.1. The summed E-state index contributed by atoms with van der Waals surface area (Å²) in [5.74, 6) is 1.39. The normalized spacial score (nSPS) is 13.9. The first-order valence-electron chi connectivity index (χ1n) is 9.14. The maximum atomic E-state index is 13.8. The molecule has 0 bridgehead atoms. The molecular weight excluding hydrogens is 371 g/mol. The van der Waals surface area contributed by atoms with Gasteiger partial charge in [0, 0.05) is 11.6 Å². The fraction of sp³-hybridized carbons (Fsp3) is 0.125. The Balaban J connectivity index is 1.58. The summed E-state index contributed by atoms with van der Waals surface area (Å²) in [6.07, 6.45) is 1.68. The zero-order valence-corrected chi connectivity index (χ0v) is 16.1. The number of fused-ring (bicyclic) bond motifs is 1. The number of Topliss-reactive ketones (excluding diaryl/α,β-unsaturated/α-hetero) is 1.